The molecule has 1 unspecified atom stereocenters. The molecule has 0 bridgehead atoms. The van der Waals surface area contributed by atoms with E-state index in [1.54, 1.807) is 12.1 Å². The Bertz CT molecular complexity index is 417. The second-order valence-electron chi connectivity index (χ2n) is 5.92. The van der Waals surface area contributed by atoms with Gasteiger partial charge in [0.25, 0.3) is 0 Å². The minimum absolute atomic E-state index is 0.0628. The molecular formula is C16H23FN2. The molecule has 0 amide bonds. The number of likely N-dealkylation sites (tertiary alicyclic amines) is 1. The molecule has 1 aliphatic heterocycles. The van der Waals surface area contributed by atoms with E-state index in [1.165, 1.54) is 25.7 Å². The summed E-state index contributed by atoms with van der Waals surface area (Å²) in [5.41, 5.74) is 0.847. The smallest absolute Gasteiger partial charge is 0.126 e. The summed E-state index contributed by atoms with van der Waals surface area (Å²) in [5, 5.41) is 3.72. The van der Waals surface area contributed by atoms with E-state index in [4.69, 9.17) is 0 Å². The monoisotopic (exact) mass is 262 g/mol. The van der Waals surface area contributed by atoms with Crippen molar-refractivity contribution in [3.05, 3.63) is 35.6 Å². The predicted octanol–water partition coefficient (Wildman–Crippen LogP) is 2.58. The molecule has 3 heteroatoms. The highest BCUT2D eigenvalue weighted by Gasteiger charge is 2.27. The zero-order valence-corrected chi connectivity index (χ0v) is 11.4. The van der Waals surface area contributed by atoms with Crippen LogP contribution < -0.4 is 5.32 Å². The van der Waals surface area contributed by atoms with Crippen molar-refractivity contribution in [2.75, 3.05) is 19.6 Å². The van der Waals surface area contributed by atoms with Gasteiger partial charge in [-0.1, -0.05) is 18.2 Å². The first-order chi connectivity index (χ1) is 9.31. The zero-order chi connectivity index (χ0) is 13.1. The summed E-state index contributed by atoms with van der Waals surface area (Å²) in [6, 6.07) is 8.59. The molecule has 0 aromatic heterocycles. The molecule has 2 fully saturated rings. The molecule has 1 heterocycles. The number of nitrogens with one attached hydrogen (secondary N) is 1. The lowest BCUT2D eigenvalue weighted by Crippen LogP contribution is -2.46. The first kappa shape index (κ1) is 13.1. The summed E-state index contributed by atoms with van der Waals surface area (Å²) in [6.45, 7) is 3.27. The van der Waals surface area contributed by atoms with Gasteiger partial charge in [-0.15, -0.1) is 0 Å². The summed E-state index contributed by atoms with van der Waals surface area (Å²) in [7, 11) is 0. The average Bonchev–Trinajstić information content (AvgIpc) is 3.22. The number of benzene rings is 1. The van der Waals surface area contributed by atoms with E-state index in [0.717, 1.165) is 37.7 Å². The second kappa shape index (κ2) is 6.02. The quantitative estimate of drug-likeness (QED) is 0.877. The third-order valence-electron chi connectivity index (χ3n) is 4.21. The maximum atomic E-state index is 13.6. The van der Waals surface area contributed by atoms with Crippen molar-refractivity contribution in [1.29, 1.82) is 0 Å². The van der Waals surface area contributed by atoms with E-state index in [0.29, 0.717) is 6.04 Å². The number of halogens is 1. The van der Waals surface area contributed by atoms with Crippen LogP contribution in [0.2, 0.25) is 0 Å². The number of hydrogen-bond donors (Lipinski definition) is 1. The van der Waals surface area contributed by atoms with E-state index in [1.807, 2.05) is 12.1 Å². The molecule has 2 nitrogen and oxygen atoms in total. The van der Waals surface area contributed by atoms with Crippen molar-refractivity contribution in [2.45, 2.75) is 44.2 Å². The van der Waals surface area contributed by atoms with Gasteiger partial charge < -0.3 is 10.2 Å². The third kappa shape index (κ3) is 3.77. The molecule has 0 radical (unpaired) electrons. The molecule has 104 valence electrons. The molecule has 19 heavy (non-hydrogen) atoms. The molecule has 1 saturated carbocycles. The van der Waals surface area contributed by atoms with Crippen molar-refractivity contribution < 1.29 is 4.39 Å². The Morgan fingerprint density at radius 2 is 2.00 bits per heavy atom. The topological polar surface area (TPSA) is 15.3 Å². The van der Waals surface area contributed by atoms with Gasteiger partial charge in [0.1, 0.15) is 5.82 Å². The van der Waals surface area contributed by atoms with E-state index >= 15 is 0 Å². The second-order valence-corrected chi connectivity index (χ2v) is 5.92. The highest BCUT2D eigenvalue weighted by atomic mass is 19.1. The van der Waals surface area contributed by atoms with E-state index < -0.39 is 0 Å². The minimum Gasteiger partial charge on any atom is -0.310 e. The van der Waals surface area contributed by atoms with Gasteiger partial charge in [0.05, 0.1) is 0 Å². The highest BCUT2D eigenvalue weighted by Crippen LogP contribution is 2.22. The number of piperidine rings is 1. The number of hydrogen-bond acceptors (Lipinski definition) is 2. The fourth-order valence-electron chi connectivity index (χ4n) is 2.96. The summed E-state index contributed by atoms with van der Waals surface area (Å²) in [4.78, 5) is 2.48. The van der Waals surface area contributed by atoms with Crippen LogP contribution in [0.3, 0.4) is 0 Å². The van der Waals surface area contributed by atoms with Crippen molar-refractivity contribution in [2.24, 2.45) is 0 Å². The van der Waals surface area contributed by atoms with E-state index in [9.17, 15) is 4.39 Å². The molecule has 1 aromatic rings. The number of nitrogens with zero attached hydrogens (tertiary/aromatic N) is 1. The molecular weight excluding hydrogens is 239 g/mol. The lowest BCUT2D eigenvalue weighted by molar-refractivity contribution is 0.191. The summed E-state index contributed by atoms with van der Waals surface area (Å²) in [5.74, 6) is -0.0628. The van der Waals surface area contributed by atoms with Gasteiger partial charge in [-0.3, -0.25) is 0 Å². The first-order valence-electron chi connectivity index (χ1n) is 7.53. The van der Waals surface area contributed by atoms with Gasteiger partial charge in [-0.25, -0.2) is 4.39 Å². The summed E-state index contributed by atoms with van der Waals surface area (Å²) >= 11 is 0. The fraction of sp³-hybridized carbons (Fsp3) is 0.625. The largest absolute Gasteiger partial charge is 0.310 e. The van der Waals surface area contributed by atoms with Crippen molar-refractivity contribution in [3.63, 3.8) is 0 Å². The Morgan fingerprint density at radius 1 is 1.16 bits per heavy atom. The van der Waals surface area contributed by atoms with E-state index in [2.05, 4.69) is 10.2 Å². The van der Waals surface area contributed by atoms with Crippen LogP contribution in [0.15, 0.2) is 24.3 Å². The van der Waals surface area contributed by atoms with Crippen LogP contribution in [0.5, 0.6) is 0 Å². The Morgan fingerprint density at radius 3 is 2.79 bits per heavy atom. The average molecular weight is 262 g/mol. The minimum atomic E-state index is -0.0628. The van der Waals surface area contributed by atoms with Gasteiger partial charge in [0.2, 0.25) is 0 Å². The summed E-state index contributed by atoms with van der Waals surface area (Å²) < 4.78 is 13.6. The van der Waals surface area contributed by atoms with Crippen LogP contribution in [0.25, 0.3) is 0 Å². The molecule has 1 N–H and O–H groups in total. The highest BCUT2D eigenvalue weighted by molar-refractivity contribution is 5.17. The van der Waals surface area contributed by atoms with Crippen LogP contribution in [0.1, 0.15) is 31.2 Å². The van der Waals surface area contributed by atoms with Crippen LogP contribution in [0, 0.1) is 5.82 Å². The summed E-state index contributed by atoms with van der Waals surface area (Å²) in [6.07, 6.45) is 6.09. The molecule has 1 atom stereocenters. The Labute approximate surface area is 115 Å². The maximum absolute atomic E-state index is 13.6. The lowest BCUT2D eigenvalue weighted by Gasteiger charge is -2.33. The Kier molecular flexibility index (Phi) is 4.14. The van der Waals surface area contributed by atoms with Crippen molar-refractivity contribution >= 4 is 0 Å². The third-order valence-corrected chi connectivity index (χ3v) is 4.21. The predicted molar refractivity (Wildman–Crippen MR) is 75.7 cm³/mol. The van der Waals surface area contributed by atoms with Crippen LogP contribution in [-0.2, 0) is 6.42 Å². The first-order valence-corrected chi connectivity index (χ1v) is 7.53. The van der Waals surface area contributed by atoms with Crippen molar-refractivity contribution in [1.82, 2.24) is 10.2 Å². The fourth-order valence-corrected chi connectivity index (χ4v) is 2.96. The lowest BCUT2D eigenvalue weighted by atomic mass is 10.0. The molecule has 1 saturated heterocycles. The molecule has 1 aliphatic carbocycles. The SMILES string of the molecule is Fc1ccccc1CCN1CCCC(NC2CC2)C1. The molecule has 2 aliphatic rings. The molecule has 3 rings (SSSR count). The normalized spacial score (nSPS) is 24.6. The number of rotatable bonds is 5. The van der Waals surface area contributed by atoms with Gasteiger partial charge in [-0.2, -0.15) is 0 Å². The Hall–Kier alpha value is -0.930. The van der Waals surface area contributed by atoms with Crippen LogP contribution in [-0.4, -0.2) is 36.6 Å². The zero-order valence-electron chi connectivity index (χ0n) is 11.4. The molecule has 0 spiro atoms. The standard InChI is InChI=1S/C16H23FN2/c17-16-6-2-1-4-13(16)9-11-19-10-3-5-15(12-19)18-14-7-8-14/h1-2,4,6,14-15,18H,3,5,7-12H2. The van der Waals surface area contributed by atoms with Gasteiger partial charge in [-0.05, 0) is 50.3 Å². The molecule has 1 aromatic carbocycles. The Balaban J connectivity index is 1.47. The van der Waals surface area contributed by atoms with Gasteiger partial charge >= 0.3 is 0 Å². The maximum Gasteiger partial charge on any atom is 0.126 e. The van der Waals surface area contributed by atoms with Crippen molar-refractivity contribution in [3.8, 4) is 0 Å². The van der Waals surface area contributed by atoms with Gasteiger partial charge in [0, 0.05) is 25.2 Å². The van der Waals surface area contributed by atoms with Gasteiger partial charge in [0.15, 0.2) is 0 Å². The van der Waals surface area contributed by atoms with E-state index in [-0.39, 0.29) is 5.82 Å². The van der Waals surface area contributed by atoms with Crippen LogP contribution >= 0.6 is 0 Å². The van der Waals surface area contributed by atoms with Crippen LogP contribution in [0.4, 0.5) is 4.39 Å².